The molecule has 4 aliphatic carbocycles. The van der Waals surface area contributed by atoms with Crippen LogP contribution in [0.15, 0.2) is 182 Å². The summed E-state index contributed by atoms with van der Waals surface area (Å²) in [6.07, 6.45) is 5.66. The average Bonchev–Trinajstić information content (AvgIpc) is 3.99. The molecule has 1 fully saturated rings. The van der Waals surface area contributed by atoms with Gasteiger partial charge < -0.3 is 0 Å². The van der Waals surface area contributed by atoms with Crippen molar-refractivity contribution in [2.45, 2.75) is 69.1 Å². The van der Waals surface area contributed by atoms with E-state index >= 15 is 0 Å². The third-order valence-corrected chi connectivity index (χ3v) is 15.4. The van der Waals surface area contributed by atoms with Gasteiger partial charge in [-0.2, -0.15) is 0 Å². The second-order valence-electron chi connectivity index (χ2n) is 18.9. The first-order valence-corrected chi connectivity index (χ1v) is 22.2. The fourth-order valence-corrected chi connectivity index (χ4v) is 12.7. The Labute approximate surface area is 355 Å². The molecule has 0 aromatic heterocycles. The molecular weight excluding hydrogens is 721 g/mol. The highest BCUT2D eigenvalue weighted by atomic mass is 14.5. The third-order valence-electron chi connectivity index (χ3n) is 15.4. The molecule has 290 valence electrons. The Morgan fingerprint density at radius 3 is 1.88 bits per heavy atom. The largest absolute Gasteiger partial charge is 0.0713 e. The lowest BCUT2D eigenvalue weighted by Crippen LogP contribution is -2.28. The summed E-state index contributed by atoms with van der Waals surface area (Å²) in [6.45, 7) is 6.98. The number of hydrogen-bond acceptors (Lipinski definition) is 0. The predicted octanol–water partition coefficient (Wildman–Crippen LogP) is 14.6. The van der Waals surface area contributed by atoms with Gasteiger partial charge in [0.1, 0.15) is 0 Å². The monoisotopic (exact) mass is 770 g/mol. The molecule has 8 aromatic rings. The molecule has 3 unspecified atom stereocenters. The molecule has 0 bridgehead atoms. The molecule has 12 rings (SSSR count). The van der Waals surface area contributed by atoms with E-state index < -0.39 is 5.41 Å². The van der Waals surface area contributed by atoms with E-state index in [9.17, 15) is 0 Å². The molecule has 0 aliphatic heterocycles. The van der Waals surface area contributed by atoms with E-state index in [1.807, 2.05) is 0 Å². The Kier molecular flexibility index (Phi) is 7.81. The SMILES string of the molecule is Cc1ccc2c(c1)C1(CCC(Cc3cccc4c3-c3ccccc3C4(c3ccccc3)c3ccc(Cc4ccc5c(c4)-c4ccccc4C5(C)C)cc3)C1)c1ccccc1-2. The molecular formula is C60H50. The van der Waals surface area contributed by atoms with E-state index in [1.54, 1.807) is 11.1 Å². The van der Waals surface area contributed by atoms with E-state index in [0.29, 0.717) is 5.92 Å². The molecule has 0 heteroatoms. The second-order valence-corrected chi connectivity index (χ2v) is 18.9. The summed E-state index contributed by atoms with van der Waals surface area (Å²) in [5.74, 6) is 0.605. The zero-order valence-corrected chi connectivity index (χ0v) is 34.9. The van der Waals surface area contributed by atoms with Crippen LogP contribution in [0.3, 0.4) is 0 Å². The van der Waals surface area contributed by atoms with Gasteiger partial charge in [0, 0.05) is 10.8 Å². The number of fused-ring (bicyclic) bond motifs is 11. The number of aryl methyl sites for hydroxylation is 1. The Balaban J connectivity index is 0.925. The summed E-state index contributed by atoms with van der Waals surface area (Å²) in [5.41, 5.74) is 25.2. The maximum Gasteiger partial charge on any atom is 0.0713 e. The van der Waals surface area contributed by atoms with Crippen LogP contribution in [0.1, 0.15) is 99.9 Å². The van der Waals surface area contributed by atoms with Crippen molar-refractivity contribution in [3.63, 3.8) is 0 Å². The van der Waals surface area contributed by atoms with Crippen LogP contribution in [-0.2, 0) is 29.1 Å². The lowest BCUT2D eigenvalue weighted by molar-refractivity contribution is 0.487. The Hall–Kier alpha value is -6.24. The maximum absolute atomic E-state index is 2.50. The first kappa shape index (κ1) is 35.7. The van der Waals surface area contributed by atoms with Crippen LogP contribution in [0.25, 0.3) is 33.4 Å². The van der Waals surface area contributed by atoms with Crippen LogP contribution in [0, 0.1) is 12.8 Å². The Morgan fingerprint density at radius 2 is 1.08 bits per heavy atom. The summed E-state index contributed by atoms with van der Waals surface area (Å²) in [4.78, 5) is 0. The molecule has 0 nitrogen and oxygen atoms in total. The highest BCUT2D eigenvalue weighted by Gasteiger charge is 2.50. The minimum atomic E-state index is -0.414. The summed E-state index contributed by atoms with van der Waals surface area (Å²) >= 11 is 0. The fourth-order valence-electron chi connectivity index (χ4n) is 12.7. The van der Waals surface area contributed by atoms with E-state index in [2.05, 4.69) is 203 Å². The molecule has 0 radical (unpaired) electrons. The van der Waals surface area contributed by atoms with Crippen LogP contribution in [0.4, 0.5) is 0 Å². The topological polar surface area (TPSA) is 0 Å². The zero-order valence-electron chi connectivity index (χ0n) is 34.9. The first-order valence-electron chi connectivity index (χ1n) is 22.2. The van der Waals surface area contributed by atoms with Gasteiger partial charge in [-0.15, -0.1) is 0 Å². The first-order chi connectivity index (χ1) is 29.4. The smallest absolute Gasteiger partial charge is 0.0622 e. The quantitative estimate of drug-likeness (QED) is 0.158. The van der Waals surface area contributed by atoms with E-state index in [1.165, 1.54) is 108 Å². The third kappa shape index (κ3) is 4.97. The van der Waals surface area contributed by atoms with Gasteiger partial charge in [0.25, 0.3) is 0 Å². The summed E-state index contributed by atoms with van der Waals surface area (Å²) in [5, 5.41) is 0. The zero-order chi connectivity index (χ0) is 40.2. The number of rotatable bonds is 6. The van der Waals surface area contributed by atoms with Crippen LogP contribution < -0.4 is 0 Å². The summed E-state index contributed by atoms with van der Waals surface area (Å²) < 4.78 is 0. The molecule has 0 amide bonds. The maximum atomic E-state index is 2.50. The van der Waals surface area contributed by atoms with Gasteiger partial charge in [-0.05, 0) is 140 Å². The Morgan fingerprint density at radius 1 is 0.467 bits per heavy atom. The minimum absolute atomic E-state index is 0.0263. The second kappa shape index (κ2) is 13.1. The molecule has 60 heavy (non-hydrogen) atoms. The van der Waals surface area contributed by atoms with Gasteiger partial charge in [-0.1, -0.05) is 201 Å². The highest BCUT2D eigenvalue weighted by molar-refractivity contribution is 5.88. The van der Waals surface area contributed by atoms with Crippen molar-refractivity contribution in [3.8, 4) is 33.4 Å². The predicted molar refractivity (Wildman–Crippen MR) is 249 cm³/mol. The molecule has 4 aliphatic rings. The van der Waals surface area contributed by atoms with Crippen molar-refractivity contribution in [2.24, 2.45) is 5.92 Å². The van der Waals surface area contributed by atoms with Crippen LogP contribution >= 0.6 is 0 Å². The van der Waals surface area contributed by atoms with Crippen molar-refractivity contribution in [3.05, 3.63) is 249 Å². The normalized spacial score (nSPS) is 20.9. The van der Waals surface area contributed by atoms with Gasteiger partial charge in [-0.3, -0.25) is 0 Å². The molecule has 0 heterocycles. The van der Waals surface area contributed by atoms with Crippen molar-refractivity contribution in [1.29, 1.82) is 0 Å². The number of benzene rings is 8. The molecule has 1 saturated carbocycles. The van der Waals surface area contributed by atoms with Crippen molar-refractivity contribution in [1.82, 2.24) is 0 Å². The summed E-state index contributed by atoms with van der Waals surface area (Å²) in [7, 11) is 0. The molecule has 1 spiro atoms. The lowest BCUT2D eigenvalue weighted by Gasteiger charge is -2.34. The average molecular weight is 771 g/mol. The van der Waals surface area contributed by atoms with Crippen molar-refractivity contribution >= 4 is 0 Å². The minimum Gasteiger partial charge on any atom is -0.0622 e. The lowest BCUT2D eigenvalue weighted by atomic mass is 9.67. The van der Waals surface area contributed by atoms with Crippen molar-refractivity contribution in [2.75, 3.05) is 0 Å². The van der Waals surface area contributed by atoms with Gasteiger partial charge in [0.2, 0.25) is 0 Å². The highest BCUT2D eigenvalue weighted by Crippen LogP contribution is 2.61. The van der Waals surface area contributed by atoms with Crippen LogP contribution in [0.2, 0.25) is 0 Å². The molecule has 3 atom stereocenters. The van der Waals surface area contributed by atoms with Gasteiger partial charge in [0.05, 0.1) is 5.41 Å². The van der Waals surface area contributed by atoms with Crippen LogP contribution in [-0.4, -0.2) is 0 Å². The van der Waals surface area contributed by atoms with Gasteiger partial charge in [0.15, 0.2) is 0 Å². The number of hydrogen-bond donors (Lipinski definition) is 0. The Bertz CT molecular complexity index is 3000. The van der Waals surface area contributed by atoms with Gasteiger partial charge >= 0.3 is 0 Å². The fraction of sp³-hybridized carbons (Fsp3) is 0.200. The summed E-state index contributed by atoms with van der Waals surface area (Å²) in [6, 6.07) is 70.1. The standard InChI is InChI=1S/C60H50/c1-39-24-30-48-46-17-8-11-21-53(46)59(56(48)34-39)33-32-42(38-59)36-43-14-13-23-55-57(43)49-19-9-12-22-54(49)60(55,44-15-5-4-6-16-44)45-28-25-40(26-29-45)35-41-27-31-52-50(37-41)47-18-7-10-20-51(47)58(52,2)3/h4-31,34,37,42H,32-33,35-36,38H2,1-3H3. The van der Waals surface area contributed by atoms with E-state index in [0.717, 1.165) is 12.8 Å². The van der Waals surface area contributed by atoms with Gasteiger partial charge in [-0.25, -0.2) is 0 Å². The molecule has 0 saturated heterocycles. The van der Waals surface area contributed by atoms with E-state index in [4.69, 9.17) is 0 Å². The van der Waals surface area contributed by atoms with Crippen LogP contribution in [0.5, 0.6) is 0 Å². The molecule has 0 N–H and O–H groups in total. The molecule has 8 aromatic carbocycles. The van der Waals surface area contributed by atoms with Crippen molar-refractivity contribution < 1.29 is 0 Å². The van der Waals surface area contributed by atoms with E-state index in [-0.39, 0.29) is 10.8 Å².